The van der Waals surface area contributed by atoms with Crippen LogP contribution in [0, 0.1) is 3.57 Å². The lowest BCUT2D eigenvalue weighted by atomic mass is 9.76. The number of anilines is 2. The molecular weight excluding hydrogens is 499 g/mol. The number of hydrogen-bond acceptors (Lipinski definition) is 3. The summed E-state index contributed by atoms with van der Waals surface area (Å²) in [5.41, 5.74) is 3.76. The third kappa shape index (κ3) is 3.05. The van der Waals surface area contributed by atoms with E-state index in [2.05, 4.69) is 90.1 Å². The predicted octanol–water partition coefficient (Wildman–Crippen LogP) is 6.07. The monoisotopic (exact) mass is 522 g/mol. The van der Waals surface area contributed by atoms with E-state index in [1.807, 2.05) is 42.5 Å². The van der Waals surface area contributed by atoms with Crippen molar-refractivity contribution in [3.8, 4) is 5.75 Å². The van der Waals surface area contributed by atoms with Crippen molar-refractivity contribution in [2.45, 2.75) is 25.0 Å². The van der Waals surface area contributed by atoms with Gasteiger partial charge in [-0.05, 0) is 103 Å². The average Bonchev–Trinajstić information content (AvgIpc) is 2.92. The first kappa shape index (κ1) is 20.1. The fourth-order valence-electron chi connectivity index (χ4n) is 4.65. The fourth-order valence-corrected chi connectivity index (χ4v) is 5.17. The second-order valence-electron chi connectivity index (χ2n) is 8.55. The molecular formula is C26H23IN2O2. The fraction of sp³-hybridized carbons (Fsp3) is 0.192. The van der Waals surface area contributed by atoms with E-state index in [0.29, 0.717) is 5.56 Å². The van der Waals surface area contributed by atoms with Gasteiger partial charge in [0, 0.05) is 33.1 Å². The van der Waals surface area contributed by atoms with Gasteiger partial charge < -0.3 is 15.0 Å². The molecule has 1 unspecified atom stereocenters. The van der Waals surface area contributed by atoms with Gasteiger partial charge in [0.15, 0.2) is 0 Å². The van der Waals surface area contributed by atoms with Crippen molar-refractivity contribution in [3.05, 3.63) is 93.1 Å². The van der Waals surface area contributed by atoms with Crippen LogP contribution < -0.4 is 15.0 Å². The molecule has 4 nitrogen and oxygen atoms in total. The summed E-state index contributed by atoms with van der Waals surface area (Å²) in [4.78, 5) is 14.8. The van der Waals surface area contributed by atoms with Crippen molar-refractivity contribution >= 4 is 45.9 Å². The van der Waals surface area contributed by atoms with E-state index in [4.69, 9.17) is 4.74 Å². The van der Waals surface area contributed by atoms with E-state index in [9.17, 15) is 4.79 Å². The molecule has 1 N–H and O–H groups in total. The van der Waals surface area contributed by atoms with Crippen LogP contribution in [0.15, 0.2) is 72.8 Å². The third-order valence-corrected chi connectivity index (χ3v) is 7.12. The summed E-state index contributed by atoms with van der Waals surface area (Å²) in [5, 5.41) is 3.04. The zero-order valence-corrected chi connectivity index (χ0v) is 19.8. The third-order valence-electron chi connectivity index (χ3n) is 6.45. The smallest absolute Gasteiger partial charge is 0.255 e. The SMILES string of the molecule is CN1c2ccc(NC(=O)c3ccccc3)cc2C(C)(C)C12C=Cc1cc(I)ccc1O2. The van der Waals surface area contributed by atoms with Gasteiger partial charge in [0.25, 0.3) is 5.91 Å². The summed E-state index contributed by atoms with van der Waals surface area (Å²) in [5.74, 6) is 0.769. The van der Waals surface area contributed by atoms with Gasteiger partial charge in [-0.25, -0.2) is 0 Å². The Bertz CT molecular complexity index is 1220. The molecule has 31 heavy (non-hydrogen) atoms. The van der Waals surface area contributed by atoms with Crippen LogP contribution in [-0.2, 0) is 5.41 Å². The highest BCUT2D eigenvalue weighted by molar-refractivity contribution is 14.1. The van der Waals surface area contributed by atoms with Gasteiger partial charge in [-0.3, -0.25) is 4.79 Å². The minimum atomic E-state index is -0.642. The Hall–Kier alpha value is -2.80. The second kappa shape index (κ2) is 7.12. The van der Waals surface area contributed by atoms with Crippen molar-refractivity contribution in [3.63, 3.8) is 0 Å². The van der Waals surface area contributed by atoms with E-state index >= 15 is 0 Å². The lowest BCUT2D eigenvalue weighted by Crippen LogP contribution is -2.58. The Morgan fingerprint density at radius 1 is 1.03 bits per heavy atom. The standard InChI is InChI=1S/C26H23IN2O2/c1-25(2)21-16-20(28-24(30)17-7-5-4-6-8-17)10-11-22(21)29(3)26(25)14-13-18-15-19(27)9-12-23(18)31-26/h4-16H,1-3H3,(H,28,30). The highest BCUT2D eigenvalue weighted by atomic mass is 127. The molecule has 0 bridgehead atoms. The lowest BCUT2D eigenvalue weighted by Gasteiger charge is -2.45. The molecule has 5 heteroatoms. The van der Waals surface area contributed by atoms with Crippen molar-refractivity contribution in [1.29, 1.82) is 0 Å². The summed E-state index contributed by atoms with van der Waals surface area (Å²) < 4.78 is 7.87. The first-order valence-corrected chi connectivity index (χ1v) is 11.3. The number of carbonyl (C=O) groups is 1. The highest BCUT2D eigenvalue weighted by Crippen LogP contribution is 2.54. The average molecular weight is 522 g/mol. The summed E-state index contributed by atoms with van der Waals surface area (Å²) in [6.45, 7) is 4.39. The summed E-state index contributed by atoms with van der Waals surface area (Å²) in [6, 6.07) is 21.6. The van der Waals surface area contributed by atoms with Crippen molar-refractivity contribution in [2.75, 3.05) is 17.3 Å². The Kier molecular flexibility index (Phi) is 4.62. The molecule has 2 aliphatic heterocycles. The first-order chi connectivity index (χ1) is 14.8. The van der Waals surface area contributed by atoms with Gasteiger partial charge in [0.05, 0.1) is 5.41 Å². The number of hydrogen-bond donors (Lipinski definition) is 1. The van der Waals surface area contributed by atoms with Gasteiger partial charge in [-0.15, -0.1) is 0 Å². The summed E-state index contributed by atoms with van der Waals surface area (Å²) >= 11 is 2.32. The van der Waals surface area contributed by atoms with E-state index in [-0.39, 0.29) is 11.3 Å². The topological polar surface area (TPSA) is 41.6 Å². The normalized spacial score (nSPS) is 20.2. The molecule has 0 aromatic heterocycles. The number of fused-ring (bicyclic) bond motifs is 2. The molecule has 2 heterocycles. The number of likely N-dealkylation sites (N-methyl/N-ethyl adjacent to an activating group) is 1. The molecule has 0 radical (unpaired) electrons. The van der Waals surface area contributed by atoms with E-state index in [1.54, 1.807) is 0 Å². The van der Waals surface area contributed by atoms with Crippen molar-refractivity contribution < 1.29 is 9.53 Å². The maximum atomic E-state index is 12.6. The molecule has 5 rings (SSSR count). The van der Waals surface area contributed by atoms with Crippen LogP contribution in [0.25, 0.3) is 6.08 Å². The summed E-state index contributed by atoms with van der Waals surface area (Å²) in [6.07, 6.45) is 4.32. The molecule has 0 fully saturated rings. The van der Waals surface area contributed by atoms with Gasteiger partial charge in [-0.2, -0.15) is 0 Å². The number of rotatable bonds is 2. The molecule has 3 aromatic carbocycles. The minimum Gasteiger partial charge on any atom is -0.463 e. The molecule has 0 aliphatic carbocycles. The maximum absolute atomic E-state index is 12.6. The van der Waals surface area contributed by atoms with Gasteiger partial charge in [-0.1, -0.05) is 18.2 Å². The van der Waals surface area contributed by atoms with Crippen LogP contribution >= 0.6 is 22.6 Å². The highest BCUT2D eigenvalue weighted by Gasteiger charge is 2.57. The number of amides is 1. The zero-order valence-electron chi connectivity index (χ0n) is 17.6. The van der Waals surface area contributed by atoms with Gasteiger partial charge in [0.1, 0.15) is 5.75 Å². The Morgan fingerprint density at radius 2 is 1.81 bits per heavy atom. The molecule has 156 valence electrons. The maximum Gasteiger partial charge on any atom is 0.255 e. The largest absolute Gasteiger partial charge is 0.463 e. The second-order valence-corrected chi connectivity index (χ2v) is 9.80. The van der Waals surface area contributed by atoms with E-state index < -0.39 is 5.72 Å². The van der Waals surface area contributed by atoms with Crippen molar-refractivity contribution in [2.24, 2.45) is 0 Å². The van der Waals surface area contributed by atoms with Crippen LogP contribution in [0.2, 0.25) is 0 Å². The molecule has 1 atom stereocenters. The van der Waals surface area contributed by atoms with Crippen LogP contribution in [0.3, 0.4) is 0 Å². The minimum absolute atomic E-state index is 0.114. The molecule has 0 saturated heterocycles. The Balaban J connectivity index is 1.51. The van der Waals surface area contributed by atoms with Crippen LogP contribution in [0.1, 0.15) is 35.3 Å². The molecule has 1 spiro atoms. The number of halogens is 1. The number of nitrogens with one attached hydrogen (secondary N) is 1. The van der Waals surface area contributed by atoms with Crippen LogP contribution in [0.4, 0.5) is 11.4 Å². The Labute approximate surface area is 196 Å². The first-order valence-electron chi connectivity index (χ1n) is 10.2. The van der Waals surface area contributed by atoms with E-state index in [0.717, 1.165) is 28.3 Å². The summed E-state index contributed by atoms with van der Waals surface area (Å²) in [7, 11) is 2.07. The van der Waals surface area contributed by atoms with Crippen LogP contribution in [-0.4, -0.2) is 18.7 Å². The number of benzene rings is 3. The molecule has 1 amide bonds. The van der Waals surface area contributed by atoms with Crippen molar-refractivity contribution in [1.82, 2.24) is 0 Å². The van der Waals surface area contributed by atoms with Crippen LogP contribution in [0.5, 0.6) is 5.75 Å². The van der Waals surface area contributed by atoms with E-state index in [1.165, 1.54) is 3.57 Å². The predicted molar refractivity (Wildman–Crippen MR) is 134 cm³/mol. The number of carbonyl (C=O) groups excluding carboxylic acids is 1. The quantitative estimate of drug-likeness (QED) is 0.416. The van der Waals surface area contributed by atoms with Gasteiger partial charge >= 0.3 is 0 Å². The lowest BCUT2D eigenvalue weighted by molar-refractivity contribution is 0.0582. The number of nitrogens with zero attached hydrogens (tertiary/aromatic N) is 1. The Morgan fingerprint density at radius 3 is 2.58 bits per heavy atom. The molecule has 0 saturated carbocycles. The molecule has 2 aliphatic rings. The zero-order chi connectivity index (χ0) is 21.8. The van der Waals surface area contributed by atoms with Gasteiger partial charge in [0.2, 0.25) is 5.72 Å². The molecule has 3 aromatic rings. The number of ether oxygens (including phenoxy) is 1.